The Balaban J connectivity index is 1.90. The van der Waals surface area contributed by atoms with Gasteiger partial charge in [-0.2, -0.15) is 0 Å². The fraction of sp³-hybridized carbons (Fsp3) is 0.481. The van der Waals surface area contributed by atoms with Gasteiger partial charge < -0.3 is 52.1 Å². The van der Waals surface area contributed by atoms with Crippen LogP contribution in [0.15, 0.2) is 12.1 Å². The third-order valence-electron chi connectivity index (χ3n) is 7.11. The molecule has 0 radical (unpaired) electrons. The molecule has 3 aliphatic rings. The van der Waals surface area contributed by atoms with E-state index >= 15 is 0 Å². The monoisotopic (exact) mass is 562 g/mol. The average Bonchev–Trinajstić information content (AvgIpc) is 3.26. The lowest BCUT2D eigenvalue weighted by Crippen LogP contribution is -2.56. The largest absolute Gasteiger partial charge is 0.493 e. The maximum Gasteiger partial charge on any atom is 0.339 e. The van der Waals surface area contributed by atoms with E-state index in [4.69, 9.17) is 52.1 Å². The number of rotatable bonds is 7. The van der Waals surface area contributed by atoms with Crippen molar-refractivity contribution in [1.82, 2.24) is 0 Å². The van der Waals surface area contributed by atoms with Gasteiger partial charge in [0.25, 0.3) is 0 Å². The molecule has 0 amide bonds. The highest BCUT2D eigenvalue weighted by Crippen LogP contribution is 2.55. The van der Waals surface area contributed by atoms with Crippen molar-refractivity contribution in [3.63, 3.8) is 0 Å². The van der Waals surface area contributed by atoms with Crippen molar-refractivity contribution in [3.05, 3.63) is 23.3 Å². The summed E-state index contributed by atoms with van der Waals surface area (Å²) in [4.78, 5) is 28.0. The summed E-state index contributed by atoms with van der Waals surface area (Å²) in [6.45, 7) is 0.105. The Bertz CT molecular complexity index is 1320. The maximum absolute atomic E-state index is 14.0. The van der Waals surface area contributed by atoms with E-state index in [1.165, 1.54) is 61.9 Å². The minimum atomic E-state index is -1.08. The Hall–Kier alpha value is -3.94. The van der Waals surface area contributed by atoms with Gasteiger partial charge in [0.15, 0.2) is 41.5 Å². The quantitative estimate of drug-likeness (QED) is 0.457. The van der Waals surface area contributed by atoms with Crippen molar-refractivity contribution in [2.24, 2.45) is 0 Å². The highest BCUT2D eigenvalue weighted by molar-refractivity contribution is 6.08. The summed E-state index contributed by atoms with van der Waals surface area (Å²) in [6, 6.07) is 2.85. The number of fused-ring (bicyclic) bond motifs is 3. The Morgan fingerprint density at radius 3 is 1.52 bits per heavy atom. The summed E-state index contributed by atoms with van der Waals surface area (Å²) < 4.78 is 63.0. The molecule has 2 aromatic rings. The topological polar surface area (TPSA) is 136 Å². The lowest BCUT2D eigenvalue weighted by Gasteiger charge is -2.38. The van der Waals surface area contributed by atoms with Crippen LogP contribution in [0.4, 0.5) is 0 Å². The molecule has 2 fully saturated rings. The lowest BCUT2D eigenvalue weighted by molar-refractivity contribution is -0.252. The Morgan fingerprint density at radius 2 is 1.10 bits per heavy atom. The zero-order chi connectivity index (χ0) is 28.7. The van der Waals surface area contributed by atoms with Crippen LogP contribution in [0.1, 0.15) is 20.7 Å². The van der Waals surface area contributed by atoms with E-state index in [1.54, 1.807) is 0 Å². The third-order valence-corrected chi connectivity index (χ3v) is 7.11. The molecular weight excluding hydrogens is 532 g/mol. The van der Waals surface area contributed by atoms with Gasteiger partial charge in [-0.1, -0.05) is 0 Å². The number of carbonyl (C=O) groups is 2. The maximum atomic E-state index is 14.0. The molecule has 4 bridgehead atoms. The Kier molecular flexibility index (Phi) is 7.53. The van der Waals surface area contributed by atoms with E-state index in [2.05, 4.69) is 0 Å². The Morgan fingerprint density at radius 1 is 0.625 bits per heavy atom. The molecular formula is C27H30O13. The van der Waals surface area contributed by atoms with Gasteiger partial charge in [0, 0.05) is 18.2 Å². The van der Waals surface area contributed by atoms with Gasteiger partial charge >= 0.3 is 11.9 Å². The molecule has 40 heavy (non-hydrogen) atoms. The molecule has 5 atom stereocenters. The van der Waals surface area contributed by atoms with Crippen LogP contribution in [0.25, 0.3) is 11.1 Å². The summed E-state index contributed by atoms with van der Waals surface area (Å²) in [5.74, 6) is -0.774. The lowest BCUT2D eigenvalue weighted by atomic mass is 9.91. The Labute approximate surface area is 230 Å². The van der Waals surface area contributed by atoms with E-state index < -0.39 is 42.6 Å². The molecule has 0 N–H and O–H groups in total. The standard InChI is InChI=1S/C27H30O13/c1-30-13-8-11-16(21(34-5)18(13)32-3)17-12(9-14(31-2)19(33-4)22(17)35-6)26(29)40-24-23-20(39-25(11)28)15(10-37-23)38-27(24)36-7/h8-9,15,20,23-24,27H,10H2,1-7H3/t15-,20-,23+,24-,27+/m1/s1. The molecule has 2 saturated heterocycles. The van der Waals surface area contributed by atoms with Gasteiger partial charge in [0.05, 0.1) is 60.4 Å². The fourth-order valence-corrected chi connectivity index (χ4v) is 5.37. The smallest absolute Gasteiger partial charge is 0.339 e. The van der Waals surface area contributed by atoms with Crippen molar-refractivity contribution >= 4 is 11.9 Å². The van der Waals surface area contributed by atoms with Crippen molar-refractivity contribution in [1.29, 1.82) is 0 Å². The van der Waals surface area contributed by atoms with E-state index in [0.717, 1.165) is 0 Å². The zero-order valence-electron chi connectivity index (χ0n) is 23.1. The first-order chi connectivity index (χ1) is 19.4. The van der Waals surface area contributed by atoms with Crippen molar-refractivity contribution < 1.29 is 61.7 Å². The highest BCUT2D eigenvalue weighted by atomic mass is 16.7. The number of hydrogen-bond donors (Lipinski definition) is 0. The van der Waals surface area contributed by atoms with Crippen LogP contribution in [0.5, 0.6) is 34.5 Å². The van der Waals surface area contributed by atoms with Crippen molar-refractivity contribution in [3.8, 4) is 45.6 Å². The van der Waals surface area contributed by atoms with Gasteiger partial charge in [-0.05, 0) is 12.1 Å². The molecule has 216 valence electrons. The first kappa shape index (κ1) is 27.6. The molecule has 5 rings (SSSR count). The number of carbonyl (C=O) groups excluding carboxylic acids is 2. The highest BCUT2D eigenvalue weighted by Gasteiger charge is 2.56. The van der Waals surface area contributed by atoms with Crippen molar-refractivity contribution in [2.45, 2.75) is 30.7 Å². The number of ether oxygens (including phenoxy) is 11. The minimum Gasteiger partial charge on any atom is -0.493 e. The molecule has 0 aromatic heterocycles. The average molecular weight is 563 g/mol. The van der Waals surface area contributed by atoms with Crippen LogP contribution in [0.2, 0.25) is 0 Å². The first-order valence-electron chi connectivity index (χ1n) is 12.2. The number of hydrogen-bond acceptors (Lipinski definition) is 13. The first-order valence-corrected chi connectivity index (χ1v) is 12.2. The second-order valence-corrected chi connectivity index (χ2v) is 8.95. The SMILES string of the molecule is COc1cc2c(c(OC)c1OC)-c1c(cc(OC)c(OC)c1OC)C(=O)O[C@H]1[C@@H]3OC[C@H]1O[C@H](OC)[C@@H]3OC2=O. The van der Waals surface area contributed by atoms with E-state index in [-0.39, 0.29) is 63.4 Å². The summed E-state index contributed by atoms with van der Waals surface area (Å²) in [7, 11) is 9.84. The van der Waals surface area contributed by atoms with Crippen LogP contribution in [-0.2, 0) is 23.7 Å². The summed E-state index contributed by atoms with van der Waals surface area (Å²) in [5, 5.41) is 0. The second-order valence-electron chi connectivity index (χ2n) is 8.95. The molecule has 0 saturated carbocycles. The predicted molar refractivity (Wildman–Crippen MR) is 135 cm³/mol. The number of benzene rings is 2. The molecule has 2 aromatic carbocycles. The molecule has 0 unspecified atom stereocenters. The van der Waals surface area contributed by atoms with Gasteiger partial charge in [-0.25, -0.2) is 9.59 Å². The molecule has 3 heterocycles. The van der Waals surface area contributed by atoms with E-state index in [9.17, 15) is 9.59 Å². The van der Waals surface area contributed by atoms with Gasteiger partial charge in [-0.15, -0.1) is 0 Å². The molecule has 13 heteroatoms. The third kappa shape index (κ3) is 4.12. The normalized spacial score (nSPS) is 24.9. The van der Waals surface area contributed by atoms with E-state index in [1.807, 2.05) is 0 Å². The van der Waals surface area contributed by atoms with E-state index in [0.29, 0.717) is 0 Å². The van der Waals surface area contributed by atoms with Gasteiger partial charge in [-0.3, -0.25) is 0 Å². The van der Waals surface area contributed by atoms with Crippen molar-refractivity contribution in [2.75, 3.05) is 56.4 Å². The summed E-state index contributed by atoms with van der Waals surface area (Å²) >= 11 is 0. The van der Waals surface area contributed by atoms with Crippen LogP contribution >= 0.6 is 0 Å². The van der Waals surface area contributed by atoms with Crippen LogP contribution in [-0.4, -0.2) is 99.0 Å². The van der Waals surface area contributed by atoms with Crippen LogP contribution in [0, 0.1) is 0 Å². The number of esters is 2. The molecule has 0 aliphatic carbocycles. The zero-order valence-corrected chi connectivity index (χ0v) is 23.1. The predicted octanol–water partition coefficient (Wildman–Crippen LogP) is 2.24. The second kappa shape index (κ2) is 10.9. The summed E-state index contributed by atoms with van der Waals surface area (Å²) in [6.07, 6.45) is -4.47. The van der Waals surface area contributed by atoms with Gasteiger partial charge in [0.2, 0.25) is 11.5 Å². The molecule has 0 spiro atoms. The van der Waals surface area contributed by atoms with Crippen LogP contribution < -0.4 is 28.4 Å². The molecule has 13 nitrogen and oxygen atoms in total. The molecule has 3 aliphatic heterocycles. The van der Waals surface area contributed by atoms with Crippen LogP contribution in [0.3, 0.4) is 0 Å². The number of methoxy groups -OCH3 is 7. The van der Waals surface area contributed by atoms with Gasteiger partial charge in [0.1, 0.15) is 12.2 Å². The minimum absolute atomic E-state index is 0.0132. The fourth-order valence-electron chi connectivity index (χ4n) is 5.37. The summed E-state index contributed by atoms with van der Waals surface area (Å²) in [5.41, 5.74) is 0.166.